The molecule has 1 heterocycles. The molecule has 0 atom stereocenters. The second kappa shape index (κ2) is 6.80. The number of hydrogen-bond acceptors (Lipinski definition) is 6. The molecule has 3 aromatic rings. The van der Waals surface area contributed by atoms with Crippen LogP contribution in [0.3, 0.4) is 0 Å². The predicted molar refractivity (Wildman–Crippen MR) is 93.9 cm³/mol. The molecule has 6 nitrogen and oxygen atoms in total. The largest absolute Gasteiger partial charge is 0.497 e. The number of methoxy groups -OCH3 is 3. The average molecular weight is 346 g/mol. The molecule has 0 bridgehead atoms. The first-order chi connectivity index (χ1) is 11.7. The van der Waals surface area contributed by atoms with Gasteiger partial charge in [-0.15, -0.1) is 0 Å². The first-order valence-electron chi connectivity index (χ1n) is 7.13. The van der Waals surface area contributed by atoms with Crippen LogP contribution in [-0.4, -0.2) is 31.3 Å². The second-order valence-electron chi connectivity index (χ2n) is 4.92. The normalized spacial score (nSPS) is 10.5. The third-order valence-electron chi connectivity index (χ3n) is 3.57. The van der Waals surface area contributed by atoms with E-state index in [2.05, 4.69) is 15.3 Å². The fraction of sp³-hybridized carbons (Fsp3) is 0.176. The Balaban J connectivity index is 2.07. The zero-order chi connectivity index (χ0) is 17.1. The van der Waals surface area contributed by atoms with E-state index in [4.69, 9.17) is 25.8 Å². The first-order valence-corrected chi connectivity index (χ1v) is 7.51. The van der Waals surface area contributed by atoms with E-state index in [9.17, 15) is 0 Å². The lowest BCUT2D eigenvalue weighted by Gasteiger charge is -2.14. The molecule has 0 aliphatic heterocycles. The van der Waals surface area contributed by atoms with Crippen molar-refractivity contribution < 1.29 is 14.2 Å². The molecule has 1 aromatic heterocycles. The molecule has 0 fully saturated rings. The zero-order valence-electron chi connectivity index (χ0n) is 13.5. The molecule has 124 valence electrons. The minimum absolute atomic E-state index is 0.470. The van der Waals surface area contributed by atoms with Gasteiger partial charge >= 0.3 is 0 Å². The maximum absolute atomic E-state index is 6.14. The highest BCUT2D eigenvalue weighted by Gasteiger charge is 2.12. The fourth-order valence-electron chi connectivity index (χ4n) is 2.35. The van der Waals surface area contributed by atoms with Gasteiger partial charge in [0.25, 0.3) is 0 Å². The Hall–Kier alpha value is -2.73. The van der Waals surface area contributed by atoms with Crippen LogP contribution in [0.25, 0.3) is 10.9 Å². The van der Waals surface area contributed by atoms with Crippen molar-refractivity contribution in [3.63, 3.8) is 0 Å². The molecule has 0 aliphatic carbocycles. The van der Waals surface area contributed by atoms with Gasteiger partial charge in [-0.2, -0.15) is 0 Å². The number of halogens is 1. The van der Waals surface area contributed by atoms with Crippen molar-refractivity contribution in [3.05, 3.63) is 41.7 Å². The molecule has 0 saturated carbocycles. The van der Waals surface area contributed by atoms with E-state index >= 15 is 0 Å². The fourth-order valence-corrected chi connectivity index (χ4v) is 2.58. The molecule has 0 unspecified atom stereocenters. The van der Waals surface area contributed by atoms with Crippen molar-refractivity contribution in [2.45, 2.75) is 0 Å². The highest BCUT2D eigenvalue weighted by atomic mass is 35.5. The summed E-state index contributed by atoms with van der Waals surface area (Å²) in [4.78, 5) is 8.59. The quantitative estimate of drug-likeness (QED) is 0.752. The number of fused-ring (bicyclic) bond motifs is 1. The Bertz CT molecular complexity index is 886. The van der Waals surface area contributed by atoms with Gasteiger partial charge in [-0.25, -0.2) is 9.97 Å². The SMILES string of the molecule is COc1ccc2c(Nc3cc(OC)c(Cl)cc3OC)ncnc2c1. The van der Waals surface area contributed by atoms with Crippen LogP contribution in [0.1, 0.15) is 0 Å². The lowest BCUT2D eigenvalue weighted by atomic mass is 10.2. The molecule has 3 rings (SSSR count). The van der Waals surface area contributed by atoms with Gasteiger partial charge in [-0.3, -0.25) is 0 Å². The molecule has 0 radical (unpaired) electrons. The van der Waals surface area contributed by atoms with Crippen molar-refractivity contribution in [2.75, 3.05) is 26.6 Å². The van der Waals surface area contributed by atoms with Crippen LogP contribution in [0, 0.1) is 0 Å². The summed E-state index contributed by atoms with van der Waals surface area (Å²) >= 11 is 6.14. The van der Waals surface area contributed by atoms with Crippen LogP contribution in [0.15, 0.2) is 36.7 Å². The lowest BCUT2D eigenvalue weighted by molar-refractivity contribution is 0.405. The van der Waals surface area contributed by atoms with E-state index in [1.807, 2.05) is 18.2 Å². The third-order valence-corrected chi connectivity index (χ3v) is 3.87. The smallest absolute Gasteiger partial charge is 0.144 e. The van der Waals surface area contributed by atoms with Crippen molar-refractivity contribution in [3.8, 4) is 17.2 Å². The molecule has 2 aromatic carbocycles. The molecule has 0 aliphatic rings. The average Bonchev–Trinajstić information content (AvgIpc) is 2.62. The molecule has 0 saturated heterocycles. The summed E-state index contributed by atoms with van der Waals surface area (Å²) in [5, 5.41) is 4.58. The van der Waals surface area contributed by atoms with E-state index in [0.29, 0.717) is 28.0 Å². The number of aromatic nitrogens is 2. The Morgan fingerprint density at radius 2 is 1.71 bits per heavy atom. The minimum Gasteiger partial charge on any atom is -0.497 e. The molecular formula is C17H16ClN3O3. The molecule has 0 amide bonds. The van der Waals surface area contributed by atoms with E-state index in [1.54, 1.807) is 33.5 Å². The molecular weight excluding hydrogens is 330 g/mol. The maximum Gasteiger partial charge on any atom is 0.144 e. The Kier molecular flexibility index (Phi) is 4.57. The van der Waals surface area contributed by atoms with Crippen molar-refractivity contribution in [1.29, 1.82) is 0 Å². The highest BCUT2D eigenvalue weighted by molar-refractivity contribution is 6.32. The summed E-state index contributed by atoms with van der Waals surface area (Å²) in [5.41, 5.74) is 1.46. The predicted octanol–water partition coefficient (Wildman–Crippen LogP) is 4.05. The van der Waals surface area contributed by atoms with Gasteiger partial charge in [-0.1, -0.05) is 11.6 Å². The van der Waals surface area contributed by atoms with Crippen LogP contribution in [-0.2, 0) is 0 Å². The number of ether oxygens (including phenoxy) is 3. The van der Waals surface area contributed by atoms with Crippen LogP contribution in [0.4, 0.5) is 11.5 Å². The van der Waals surface area contributed by atoms with Crippen molar-refractivity contribution in [1.82, 2.24) is 9.97 Å². The third kappa shape index (κ3) is 3.00. The number of anilines is 2. The second-order valence-corrected chi connectivity index (χ2v) is 5.32. The summed E-state index contributed by atoms with van der Waals surface area (Å²) < 4.78 is 15.9. The minimum atomic E-state index is 0.470. The van der Waals surface area contributed by atoms with Crippen LogP contribution in [0.2, 0.25) is 5.02 Å². The first kappa shape index (κ1) is 16.1. The number of hydrogen-bond donors (Lipinski definition) is 1. The Labute approximate surface area is 144 Å². The summed E-state index contributed by atoms with van der Waals surface area (Å²) in [6, 6.07) is 9.06. The monoisotopic (exact) mass is 345 g/mol. The van der Waals surface area contributed by atoms with Crippen LogP contribution >= 0.6 is 11.6 Å². The van der Waals surface area contributed by atoms with Gasteiger partial charge in [0.1, 0.15) is 29.4 Å². The standard InChI is InChI=1S/C17H16ClN3O3/c1-22-10-4-5-11-13(6-10)19-9-20-17(11)21-14-8-15(23-2)12(18)7-16(14)24-3/h4-9H,1-3H3,(H,19,20,21). The van der Waals surface area contributed by atoms with E-state index in [0.717, 1.165) is 16.7 Å². The van der Waals surface area contributed by atoms with Gasteiger partial charge < -0.3 is 19.5 Å². The van der Waals surface area contributed by atoms with E-state index in [-0.39, 0.29) is 0 Å². The summed E-state index contributed by atoms with van der Waals surface area (Å²) in [6.07, 6.45) is 1.49. The highest BCUT2D eigenvalue weighted by Crippen LogP contribution is 2.38. The van der Waals surface area contributed by atoms with Crippen molar-refractivity contribution >= 4 is 34.0 Å². The van der Waals surface area contributed by atoms with Gasteiger partial charge in [0.05, 0.1) is 37.6 Å². The lowest BCUT2D eigenvalue weighted by Crippen LogP contribution is -1.99. The molecule has 0 spiro atoms. The molecule has 7 heteroatoms. The van der Waals surface area contributed by atoms with Gasteiger partial charge in [0.2, 0.25) is 0 Å². The maximum atomic E-state index is 6.14. The molecule has 1 N–H and O–H groups in total. The Morgan fingerprint density at radius 1 is 0.917 bits per heavy atom. The summed E-state index contributed by atoms with van der Waals surface area (Å²) in [6.45, 7) is 0. The zero-order valence-corrected chi connectivity index (χ0v) is 14.2. The number of nitrogens with one attached hydrogen (secondary N) is 1. The topological polar surface area (TPSA) is 65.5 Å². The summed E-state index contributed by atoms with van der Waals surface area (Å²) in [7, 11) is 4.75. The van der Waals surface area contributed by atoms with E-state index < -0.39 is 0 Å². The van der Waals surface area contributed by atoms with Crippen molar-refractivity contribution in [2.24, 2.45) is 0 Å². The van der Waals surface area contributed by atoms with Crippen LogP contribution < -0.4 is 19.5 Å². The van der Waals surface area contributed by atoms with Gasteiger partial charge in [0, 0.05) is 23.6 Å². The Morgan fingerprint density at radius 3 is 2.42 bits per heavy atom. The van der Waals surface area contributed by atoms with Gasteiger partial charge in [-0.05, 0) is 12.1 Å². The number of nitrogens with zero attached hydrogens (tertiary/aromatic N) is 2. The van der Waals surface area contributed by atoms with E-state index in [1.165, 1.54) is 6.33 Å². The van der Waals surface area contributed by atoms with Crippen LogP contribution in [0.5, 0.6) is 17.2 Å². The number of rotatable bonds is 5. The number of benzene rings is 2. The van der Waals surface area contributed by atoms with Gasteiger partial charge in [0.15, 0.2) is 0 Å². The molecule has 24 heavy (non-hydrogen) atoms. The summed E-state index contributed by atoms with van der Waals surface area (Å²) in [5.74, 6) is 2.50.